The lowest BCUT2D eigenvalue weighted by molar-refractivity contribution is 0.353. The molecule has 0 amide bonds. The number of aromatic nitrogens is 1. The number of hydrogen-bond acceptors (Lipinski definition) is 7. The highest BCUT2D eigenvalue weighted by Gasteiger charge is 2.30. The molecule has 7 nitrogen and oxygen atoms in total. The summed E-state index contributed by atoms with van der Waals surface area (Å²) < 4.78 is 51.7. The normalized spacial score (nSPS) is 15.0. The third kappa shape index (κ3) is 5.24. The molecule has 0 saturated carbocycles. The van der Waals surface area contributed by atoms with Crippen LogP contribution in [-0.4, -0.2) is 58.1 Å². The van der Waals surface area contributed by atoms with Gasteiger partial charge in [0.15, 0.2) is 16.6 Å². The van der Waals surface area contributed by atoms with E-state index in [0.29, 0.717) is 49.1 Å². The molecule has 176 valence electrons. The molecule has 0 radical (unpaired) electrons. The molecule has 1 aliphatic heterocycles. The summed E-state index contributed by atoms with van der Waals surface area (Å²) in [5.41, 5.74) is 1.57. The van der Waals surface area contributed by atoms with E-state index in [1.165, 1.54) is 54.1 Å². The van der Waals surface area contributed by atoms with Crippen LogP contribution in [0.2, 0.25) is 5.02 Å². The third-order valence-corrected chi connectivity index (χ3v) is 8.41. The number of benzene rings is 2. The maximum absolute atomic E-state index is 13.6. The Morgan fingerprint density at radius 1 is 1.06 bits per heavy atom. The summed E-state index contributed by atoms with van der Waals surface area (Å²) in [5.74, 6) is 0.466. The van der Waals surface area contributed by atoms with Crippen molar-refractivity contribution in [1.82, 2.24) is 9.29 Å². The van der Waals surface area contributed by atoms with Crippen LogP contribution < -0.4 is 14.4 Å². The predicted molar refractivity (Wildman–Crippen MR) is 127 cm³/mol. The van der Waals surface area contributed by atoms with Crippen molar-refractivity contribution in [3.8, 4) is 11.5 Å². The van der Waals surface area contributed by atoms with Gasteiger partial charge in [0, 0.05) is 49.1 Å². The van der Waals surface area contributed by atoms with Gasteiger partial charge in [-0.25, -0.2) is 17.8 Å². The molecule has 33 heavy (non-hydrogen) atoms. The van der Waals surface area contributed by atoms with Crippen molar-refractivity contribution in [3.63, 3.8) is 0 Å². The lowest BCUT2D eigenvalue weighted by atomic mass is 10.1. The van der Waals surface area contributed by atoms with Crippen molar-refractivity contribution >= 4 is 38.1 Å². The van der Waals surface area contributed by atoms with Gasteiger partial charge in [0.05, 0.1) is 24.8 Å². The second-order valence-electron chi connectivity index (χ2n) is 7.48. The van der Waals surface area contributed by atoms with E-state index in [1.54, 1.807) is 12.1 Å². The van der Waals surface area contributed by atoms with Crippen molar-refractivity contribution in [2.45, 2.75) is 11.3 Å². The van der Waals surface area contributed by atoms with Gasteiger partial charge >= 0.3 is 0 Å². The average Bonchev–Trinajstić information content (AvgIpc) is 3.26. The van der Waals surface area contributed by atoms with E-state index in [0.717, 1.165) is 16.4 Å². The summed E-state index contributed by atoms with van der Waals surface area (Å²) in [4.78, 5) is 6.88. The number of anilines is 1. The van der Waals surface area contributed by atoms with E-state index in [9.17, 15) is 12.8 Å². The summed E-state index contributed by atoms with van der Waals surface area (Å²) >= 11 is 7.42. The summed E-state index contributed by atoms with van der Waals surface area (Å²) in [6, 6.07) is 9.03. The van der Waals surface area contributed by atoms with E-state index in [2.05, 4.69) is 9.88 Å². The Hall–Kier alpha value is -2.40. The Bertz CT molecular complexity index is 1220. The first-order valence-electron chi connectivity index (χ1n) is 10.2. The van der Waals surface area contributed by atoms with Crippen LogP contribution in [0.15, 0.2) is 46.7 Å². The quantitative estimate of drug-likeness (QED) is 0.476. The first-order chi connectivity index (χ1) is 15.8. The van der Waals surface area contributed by atoms with E-state index in [-0.39, 0.29) is 10.7 Å². The molecule has 4 rings (SSSR count). The molecule has 1 aromatic heterocycles. The van der Waals surface area contributed by atoms with Gasteiger partial charge in [-0.3, -0.25) is 0 Å². The SMILES string of the molecule is COc1ccc(S(=O)(=O)N2CCN(c3nc(Cc4cc(F)cc(Cl)c4)cs3)CC2)cc1OC. The van der Waals surface area contributed by atoms with Gasteiger partial charge in [-0.1, -0.05) is 11.6 Å². The fraction of sp³-hybridized carbons (Fsp3) is 0.318. The Balaban J connectivity index is 1.42. The highest BCUT2D eigenvalue weighted by Crippen LogP contribution is 2.31. The summed E-state index contributed by atoms with van der Waals surface area (Å²) in [6.45, 7) is 1.72. The molecule has 2 aromatic carbocycles. The number of ether oxygens (including phenoxy) is 2. The lowest BCUT2D eigenvalue weighted by Crippen LogP contribution is -2.48. The maximum atomic E-state index is 13.6. The van der Waals surface area contributed by atoms with E-state index < -0.39 is 10.0 Å². The van der Waals surface area contributed by atoms with Crippen LogP contribution in [0.1, 0.15) is 11.3 Å². The molecule has 3 aromatic rings. The molecule has 0 unspecified atom stereocenters. The molecule has 0 N–H and O–H groups in total. The van der Waals surface area contributed by atoms with Gasteiger partial charge in [-0.2, -0.15) is 4.31 Å². The minimum atomic E-state index is -3.66. The van der Waals surface area contributed by atoms with Crippen molar-refractivity contribution in [3.05, 3.63) is 63.9 Å². The summed E-state index contributed by atoms with van der Waals surface area (Å²) in [7, 11) is -0.690. The van der Waals surface area contributed by atoms with Crippen molar-refractivity contribution in [2.24, 2.45) is 0 Å². The van der Waals surface area contributed by atoms with Crippen LogP contribution in [0.5, 0.6) is 11.5 Å². The highest BCUT2D eigenvalue weighted by molar-refractivity contribution is 7.89. The molecule has 0 spiro atoms. The molecule has 0 bridgehead atoms. The van der Waals surface area contributed by atoms with Crippen LogP contribution in [-0.2, 0) is 16.4 Å². The first-order valence-corrected chi connectivity index (χ1v) is 12.9. The van der Waals surface area contributed by atoms with E-state index in [1.807, 2.05) is 5.38 Å². The Labute approximate surface area is 201 Å². The van der Waals surface area contributed by atoms with Gasteiger partial charge in [0.25, 0.3) is 0 Å². The Morgan fingerprint density at radius 3 is 2.45 bits per heavy atom. The molecular formula is C22H23ClFN3O4S2. The topological polar surface area (TPSA) is 72.0 Å². The number of sulfonamides is 1. The molecule has 1 aliphatic rings. The minimum Gasteiger partial charge on any atom is -0.493 e. The van der Waals surface area contributed by atoms with E-state index >= 15 is 0 Å². The van der Waals surface area contributed by atoms with E-state index in [4.69, 9.17) is 21.1 Å². The molecule has 1 saturated heterocycles. The number of rotatable bonds is 7. The minimum absolute atomic E-state index is 0.166. The number of methoxy groups -OCH3 is 2. The molecule has 0 aliphatic carbocycles. The number of nitrogens with zero attached hydrogens (tertiary/aromatic N) is 3. The molecule has 1 fully saturated rings. The maximum Gasteiger partial charge on any atom is 0.243 e. The lowest BCUT2D eigenvalue weighted by Gasteiger charge is -2.33. The van der Waals surface area contributed by atoms with Gasteiger partial charge in [-0.15, -0.1) is 11.3 Å². The fourth-order valence-corrected chi connectivity index (χ4v) is 6.25. The van der Waals surface area contributed by atoms with Crippen LogP contribution in [0.3, 0.4) is 0 Å². The zero-order chi connectivity index (χ0) is 23.6. The van der Waals surface area contributed by atoms with Crippen molar-refractivity contribution < 1.29 is 22.3 Å². The third-order valence-electron chi connectivity index (χ3n) is 5.35. The van der Waals surface area contributed by atoms with Crippen molar-refractivity contribution in [2.75, 3.05) is 45.3 Å². The molecule has 11 heteroatoms. The number of hydrogen-bond donors (Lipinski definition) is 0. The van der Waals surface area contributed by atoms with Gasteiger partial charge < -0.3 is 14.4 Å². The highest BCUT2D eigenvalue weighted by atomic mass is 35.5. The van der Waals surface area contributed by atoms with Crippen LogP contribution in [0.25, 0.3) is 0 Å². The predicted octanol–water partition coefficient (Wildman–Crippen LogP) is 4.05. The van der Waals surface area contributed by atoms with Crippen LogP contribution in [0.4, 0.5) is 9.52 Å². The van der Waals surface area contributed by atoms with Crippen LogP contribution in [0, 0.1) is 5.82 Å². The smallest absolute Gasteiger partial charge is 0.243 e. The van der Waals surface area contributed by atoms with Crippen LogP contribution >= 0.6 is 22.9 Å². The number of halogens is 2. The Morgan fingerprint density at radius 2 is 1.79 bits per heavy atom. The zero-order valence-corrected chi connectivity index (χ0v) is 20.5. The second kappa shape index (κ2) is 9.84. The Kier molecular flexibility index (Phi) is 7.08. The fourth-order valence-electron chi connectivity index (χ4n) is 3.69. The zero-order valence-electron chi connectivity index (χ0n) is 18.1. The largest absolute Gasteiger partial charge is 0.493 e. The van der Waals surface area contributed by atoms with Gasteiger partial charge in [0.2, 0.25) is 10.0 Å². The molecule has 2 heterocycles. The number of piperazine rings is 1. The molecular weight excluding hydrogens is 489 g/mol. The average molecular weight is 512 g/mol. The summed E-state index contributed by atoms with van der Waals surface area (Å²) in [5, 5.41) is 3.10. The standard InChI is InChI=1S/C22H23ClFN3O4S2/c1-30-20-4-3-19(13-21(20)31-2)33(28,29)27-7-5-26(6-8-27)22-25-18(14-32-22)11-15-9-16(23)12-17(24)10-15/h3-4,9-10,12-14H,5-8,11H2,1-2H3. The monoisotopic (exact) mass is 511 g/mol. The number of thiazole rings is 1. The summed E-state index contributed by atoms with van der Waals surface area (Å²) in [6.07, 6.45) is 0.474. The second-order valence-corrected chi connectivity index (χ2v) is 10.7. The molecule has 0 atom stereocenters. The van der Waals surface area contributed by atoms with Gasteiger partial charge in [-0.05, 0) is 35.9 Å². The first kappa shape index (κ1) is 23.7. The van der Waals surface area contributed by atoms with Crippen molar-refractivity contribution in [1.29, 1.82) is 0 Å². The van der Waals surface area contributed by atoms with Gasteiger partial charge in [0.1, 0.15) is 5.82 Å².